The van der Waals surface area contributed by atoms with E-state index in [1.54, 1.807) is 0 Å². The molecular weight excluding hydrogens is 378 g/mol. The Bertz CT molecular complexity index is 892. The van der Waals surface area contributed by atoms with Crippen LogP contribution >= 0.6 is 11.6 Å². The van der Waals surface area contributed by atoms with Crippen LogP contribution in [0.15, 0.2) is 41.3 Å². The number of hydrogen-bond acceptors (Lipinski definition) is 5. The second-order valence-electron chi connectivity index (χ2n) is 5.71. The summed E-state index contributed by atoms with van der Waals surface area (Å²) in [7, 11) is -2.68. The van der Waals surface area contributed by atoms with Crippen molar-refractivity contribution in [1.29, 1.82) is 0 Å². The minimum absolute atomic E-state index is 0.0142. The van der Waals surface area contributed by atoms with E-state index in [9.17, 15) is 13.2 Å². The van der Waals surface area contributed by atoms with Gasteiger partial charge in [-0.15, -0.1) is 0 Å². The molecule has 2 aromatic carbocycles. The van der Waals surface area contributed by atoms with E-state index >= 15 is 0 Å². The molecule has 0 amide bonds. The predicted molar refractivity (Wildman–Crippen MR) is 99.4 cm³/mol. The lowest BCUT2D eigenvalue weighted by atomic mass is 10.1. The fourth-order valence-corrected chi connectivity index (χ4v) is 3.93. The largest absolute Gasteiger partial charge is 0.492 e. The minimum atomic E-state index is -3.90. The molecule has 1 N–H and O–H groups in total. The Morgan fingerprint density at radius 3 is 2.38 bits per heavy atom. The lowest BCUT2D eigenvalue weighted by molar-refractivity contribution is 0.0600. The third kappa shape index (κ3) is 5.20. The minimum Gasteiger partial charge on any atom is -0.492 e. The topological polar surface area (TPSA) is 81.7 Å². The molecule has 0 spiro atoms. The van der Waals surface area contributed by atoms with E-state index in [1.807, 2.05) is 32.0 Å². The van der Waals surface area contributed by atoms with E-state index in [-0.39, 0.29) is 28.6 Å². The molecule has 0 unspecified atom stereocenters. The Hall–Kier alpha value is -2.09. The van der Waals surface area contributed by atoms with Crippen molar-refractivity contribution < 1.29 is 22.7 Å². The maximum absolute atomic E-state index is 12.4. The van der Waals surface area contributed by atoms with Crippen molar-refractivity contribution >= 4 is 27.6 Å². The van der Waals surface area contributed by atoms with Crippen LogP contribution in [0.3, 0.4) is 0 Å². The lowest BCUT2D eigenvalue weighted by Gasteiger charge is -2.11. The Morgan fingerprint density at radius 1 is 1.12 bits per heavy atom. The quantitative estimate of drug-likeness (QED) is 0.573. The monoisotopic (exact) mass is 397 g/mol. The zero-order chi connectivity index (χ0) is 19.3. The number of carbonyl (C=O) groups excluding carboxylic acids is 1. The van der Waals surface area contributed by atoms with Crippen molar-refractivity contribution in [3.05, 3.63) is 58.1 Å². The van der Waals surface area contributed by atoms with Crippen molar-refractivity contribution in [2.24, 2.45) is 0 Å². The second kappa shape index (κ2) is 8.53. The van der Waals surface area contributed by atoms with Gasteiger partial charge in [0, 0.05) is 6.54 Å². The van der Waals surface area contributed by atoms with Gasteiger partial charge in [-0.1, -0.05) is 17.7 Å². The maximum atomic E-state index is 12.4. The number of halogens is 1. The number of hydrogen-bond donors (Lipinski definition) is 1. The zero-order valence-electron chi connectivity index (χ0n) is 14.7. The van der Waals surface area contributed by atoms with Crippen molar-refractivity contribution in [1.82, 2.24) is 4.72 Å². The van der Waals surface area contributed by atoms with E-state index in [0.29, 0.717) is 5.75 Å². The fraction of sp³-hybridized carbons (Fsp3) is 0.278. The first-order chi connectivity index (χ1) is 12.2. The Morgan fingerprint density at radius 2 is 1.77 bits per heavy atom. The molecule has 6 nitrogen and oxygen atoms in total. The molecule has 26 heavy (non-hydrogen) atoms. The summed E-state index contributed by atoms with van der Waals surface area (Å²) in [5, 5.41) is 0.0142. The Balaban J connectivity index is 2.03. The number of esters is 1. The van der Waals surface area contributed by atoms with Crippen molar-refractivity contribution in [2.75, 3.05) is 20.3 Å². The lowest BCUT2D eigenvalue weighted by Crippen LogP contribution is -2.28. The summed E-state index contributed by atoms with van der Waals surface area (Å²) in [5.41, 5.74) is 2.22. The Labute approximate surface area is 158 Å². The first-order valence-electron chi connectivity index (χ1n) is 7.81. The molecule has 0 aliphatic rings. The average Bonchev–Trinajstić information content (AvgIpc) is 2.57. The van der Waals surface area contributed by atoms with E-state index in [2.05, 4.69) is 9.46 Å². The fourth-order valence-electron chi connectivity index (χ4n) is 2.39. The molecule has 8 heteroatoms. The van der Waals surface area contributed by atoms with Gasteiger partial charge in [0.25, 0.3) is 0 Å². The van der Waals surface area contributed by atoms with Crippen LogP contribution in [0.1, 0.15) is 21.5 Å². The molecule has 0 fully saturated rings. The van der Waals surface area contributed by atoms with Crippen LogP contribution in [0.25, 0.3) is 0 Å². The van der Waals surface area contributed by atoms with Gasteiger partial charge < -0.3 is 9.47 Å². The van der Waals surface area contributed by atoms with Crippen LogP contribution in [0.4, 0.5) is 0 Å². The summed E-state index contributed by atoms with van der Waals surface area (Å²) in [4.78, 5) is 11.4. The van der Waals surface area contributed by atoms with Gasteiger partial charge in [-0.2, -0.15) is 0 Å². The van der Waals surface area contributed by atoms with E-state index < -0.39 is 16.0 Å². The average molecular weight is 398 g/mol. The first-order valence-corrected chi connectivity index (χ1v) is 9.67. The summed E-state index contributed by atoms with van der Waals surface area (Å²) in [6.07, 6.45) is 0. The molecule has 140 valence electrons. The summed E-state index contributed by atoms with van der Waals surface area (Å²) in [6.45, 7) is 4.11. The molecule has 0 aliphatic heterocycles. The maximum Gasteiger partial charge on any atom is 0.337 e. The van der Waals surface area contributed by atoms with Crippen LogP contribution in [0, 0.1) is 13.8 Å². The highest BCUT2D eigenvalue weighted by atomic mass is 35.5. The van der Waals surface area contributed by atoms with Crippen LogP contribution in [0.5, 0.6) is 5.75 Å². The second-order valence-corrected chi connectivity index (χ2v) is 7.85. The number of nitrogens with one attached hydrogen (secondary N) is 1. The molecule has 0 saturated heterocycles. The van der Waals surface area contributed by atoms with Gasteiger partial charge in [-0.3, -0.25) is 0 Å². The third-order valence-electron chi connectivity index (χ3n) is 3.50. The van der Waals surface area contributed by atoms with Gasteiger partial charge >= 0.3 is 5.97 Å². The summed E-state index contributed by atoms with van der Waals surface area (Å²) in [5.74, 6) is 0.0312. The van der Waals surface area contributed by atoms with E-state index in [4.69, 9.17) is 16.3 Å². The van der Waals surface area contributed by atoms with Crippen LogP contribution in [-0.2, 0) is 14.8 Å². The van der Waals surface area contributed by atoms with Crippen LogP contribution in [0.2, 0.25) is 5.02 Å². The first kappa shape index (κ1) is 20.2. The highest BCUT2D eigenvalue weighted by Gasteiger charge is 2.20. The number of ether oxygens (including phenoxy) is 2. The number of methoxy groups -OCH3 is 1. The molecule has 0 bridgehead atoms. The highest BCUT2D eigenvalue weighted by Crippen LogP contribution is 2.23. The zero-order valence-corrected chi connectivity index (χ0v) is 16.3. The summed E-state index contributed by atoms with van der Waals surface area (Å²) >= 11 is 5.97. The molecule has 0 heterocycles. The van der Waals surface area contributed by atoms with Crippen molar-refractivity contribution in [3.63, 3.8) is 0 Å². The predicted octanol–water partition coefficient (Wildman–Crippen LogP) is 3.10. The Kier molecular flexibility index (Phi) is 6.63. The standard InChI is InChI=1S/C18H20ClNO5S/c1-12-8-13(2)10-15(9-12)25-7-6-20-26(22,23)17-11-14(18(21)24-3)4-5-16(17)19/h4-5,8-11,20H,6-7H2,1-3H3. The van der Waals surface area contributed by atoms with Gasteiger partial charge in [0.2, 0.25) is 10.0 Å². The number of aryl methyl sites for hydroxylation is 2. The normalized spacial score (nSPS) is 11.2. The molecule has 2 rings (SSSR count). The third-order valence-corrected chi connectivity index (χ3v) is 5.44. The molecule has 2 aromatic rings. The van der Waals surface area contributed by atoms with Crippen LogP contribution < -0.4 is 9.46 Å². The number of carbonyl (C=O) groups is 1. The number of rotatable bonds is 7. The van der Waals surface area contributed by atoms with Gasteiger partial charge in [-0.25, -0.2) is 17.9 Å². The molecule has 0 saturated carbocycles. The molecular formula is C18H20ClNO5S. The van der Waals surface area contributed by atoms with Crippen molar-refractivity contribution in [2.45, 2.75) is 18.7 Å². The van der Waals surface area contributed by atoms with Gasteiger partial charge in [0.05, 0.1) is 17.7 Å². The molecule has 0 aliphatic carbocycles. The number of benzene rings is 2. The smallest absolute Gasteiger partial charge is 0.337 e. The highest BCUT2D eigenvalue weighted by molar-refractivity contribution is 7.89. The van der Waals surface area contributed by atoms with E-state index in [0.717, 1.165) is 11.1 Å². The summed E-state index contributed by atoms with van der Waals surface area (Å²) in [6, 6.07) is 9.69. The van der Waals surface area contributed by atoms with Gasteiger partial charge in [-0.05, 0) is 55.3 Å². The molecule has 0 atom stereocenters. The van der Waals surface area contributed by atoms with Crippen LogP contribution in [-0.4, -0.2) is 34.6 Å². The van der Waals surface area contributed by atoms with E-state index in [1.165, 1.54) is 25.3 Å². The number of sulfonamides is 1. The SMILES string of the molecule is COC(=O)c1ccc(Cl)c(S(=O)(=O)NCCOc2cc(C)cc(C)c2)c1. The van der Waals surface area contributed by atoms with Gasteiger partial charge in [0.15, 0.2) is 0 Å². The summed E-state index contributed by atoms with van der Waals surface area (Å²) < 4.78 is 37.4. The van der Waals surface area contributed by atoms with Crippen molar-refractivity contribution in [3.8, 4) is 5.75 Å². The molecule has 0 aromatic heterocycles. The van der Waals surface area contributed by atoms with Gasteiger partial charge in [0.1, 0.15) is 17.3 Å². The molecule has 0 radical (unpaired) electrons.